The van der Waals surface area contributed by atoms with Crippen molar-refractivity contribution in [1.82, 2.24) is 9.62 Å². The maximum Gasteiger partial charge on any atom is 0.252 e. The minimum absolute atomic E-state index is 0.0256. The van der Waals surface area contributed by atoms with Crippen molar-refractivity contribution >= 4 is 27.3 Å². The molecule has 0 atom stereocenters. The molecule has 0 aromatic carbocycles. The zero-order valence-electron chi connectivity index (χ0n) is 11.8. The van der Waals surface area contributed by atoms with Gasteiger partial charge in [-0.15, -0.1) is 11.3 Å². The van der Waals surface area contributed by atoms with Gasteiger partial charge in [-0.2, -0.15) is 4.31 Å². The fraction of sp³-hybridized carbons (Fsp3) is 0.615. The predicted octanol–water partition coefficient (Wildman–Crippen LogP) is 1.80. The van der Waals surface area contributed by atoms with Gasteiger partial charge in [0.05, 0.1) is 6.54 Å². The lowest BCUT2D eigenvalue weighted by atomic mass is 10.2. The number of nitrogens with zero attached hydrogens (tertiary/aromatic N) is 1. The number of nitrogens with one attached hydrogen (secondary N) is 1. The van der Waals surface area contributed by atoms with Gasteiger partial charge in [-0.3, -0.25) is 4.79 Å². The maximum atomic E-state index is 12.3. The SMILES string of the molecule is CC(C)C(=O)NCc1ccc(S(=O)(=O)N2CCCC2)s1. The van der Waals surface area contributed by atoms with Gasteiger partial charge in [-0.25, -0.2) is 8.42 Å². The Morgan fingerprint density at radius 3 is 2.60 bits per heavy atom. The Morgan fingerprint density at radius 1 is 1.35 bits per heavy atom. The predicted molar refractivity (Wildman–Crippen MR) is 79.0 cm³/mol. The third kappa shape index (κ3) is 3.39. The third-order valence-electron chi connectivity index (χ3n) is 3.26. The monoisotopic (exact) mass is 316 g/mol. The summed E-state index contributed by atoms with van der Waals surface area (Å²) >= 11 is 1.24. The topological polar surface area (TPSA) is 66.5 Å². The minimum atomic E-state index is -3.33. The molecular weight excluding hydrogens is 296 g/mol. The fourth-order valence-electron chi connectivity index (χ4n) is 2.03. The van der Waals surface area contributed by atoms with Crippen molar-refractivity contribution in [2.75, 3.05) is 13.1 Å². The normalized spacial score (nSPS) is 16.8. The average molecular weight is 316 g/mol. The van der Waals surface area contributed by atoms with E-state index in [0.29, 0.717) is 23.8 Å². The number of carbonyl (C=O) groups excluding carboxylic acids is 1. The van der Waals surface area contributed by atoms with E-state index in [1.807, 2.05) is 13.8 Å². The molecule has 1 aliphatic heterocycles. The van der Waals surface area contributed by atoms with E-state index >= 15 is 0 Å². The van der Waals surface area contributed by atoms with Crippen molar-refractivity contribution < 1.29 is 13.2 Å². The third-order valence-corrected chi connectivity index (χ3v) is 6.71. The van der Waals surface area contributed by atoms with Crippen LogP contribution in [0.4, 0.5) is 0 Å². The number of thiophene rings is 1. The number of amides is 1. The van der Waals surface area contributed by atoms with Gasteiger partial charge >= 0.3 is 0 Å². The van der Waals surface area contributed by atoms with Crippen molar-refractivity contribution in [2.45, 2.75) is 37.4 Å². The Hall–Kier alpha value is -0.920. The largest absolute Gasteiger partial charge is 0.351 e. The van der Waals surface area contributed by atoms with E-state index < -0.39 is 10.0 Å². The van der Waals surface area contributed by atoms with Crippen molar-refractivity contribution in [2.24, 2.45) is 5.92 Å². The van der Waals surface area contributed by atoms with Gasteiger partial charge in [0.15, 0.2) is 0 Å². The number of hydrogen-bond acceptors (Lipinski definition) is 4. The molecule has 2 rings (SSSR count). The molecule has 1 aromatic rings. The van der Waals surface area contributed by atoms with Gasteiger partial charge in [-0.05, 0) is 25.0 Å². The van der Waals surface area contributed by atoms with Gasteiger partial charge in [-0.1, -0.05) is 13.8 Å². The van der Waals surface area contributed by atoms with Crippen LogP contribution in [0.25, 0.3) is 0 Å². The Labute approximate surface area is 124 Å². The molecule has 1 aliphatic rings. The van der Waals surface area contributed by atoms with E-state index in [0.717, 1.165) is 17.7 Å². The van der Waals surface area contributed by atoms with E-state index in [1.54, 1.807) is 12.1 Å². The van der Waals surface area contributed by atoms with Crippen LogP contribution in [0.3, 0.4) is 0 Å². The molecule has 0 bridgehead atoms. The molecule has 1 aromatic heterocycles. The van der Waals surface area contributed by atoms with Gasteiger partial charge in [0, 0.05) is 23.9 Å². The van der Waals surface area contributed by atoms with Crippen LogP contribution in [0.15, 0.2) is 16.3 Å². The van der Waals surface area contributed by atoms with E-state index in [2.05, 4.69) is 5.32 Å². The summed E-state index contributed by atoms with van der Waals surface area (Å²) in [5.74, 6) is -0.0925. The van der Waals surface area contributed by atoms with Crippen LogP contribution >= 0.6 is 11.3 Å². The van der Waals surface area contributed by atoms with Crippen molar-refractivity contribution in [3.8, 4) is 0 Å². The first-order chi connectivity index (χ1) is 9.41. The molecule has 0 saturated carbocycles. The van der Waals surface area contributed by atoms with Gasteiger partial charge in [0.2, 0.25) is 5.91 Å². The second-order valence-corrected chi connectivity index (χ2v) is 8.54. The highest BCUT2D eigenvalue weighted by Gasteiger charge is 2.28. The Bertz CT molecular complexity index is 572. The van der Waals surface area contributed by atoms with E-state index in [-0.39, 0.29) is 11.8 Å². The summed E-state index contributed by atoms with van der Waals surface area (Å²) < 4.78 is 26.6. The minimum Gasteiger partial charge on any atom is -0.351 e. The van der Waals surface area contributed by atoms with Gasteiger partial charge in [0.25, 0.3) is 10.0 Å². The van der Waals surface area contributed by atoms with Crippen LogP contribution in [0.5, 0.6) is 0 Å². The summed E-state index contributed by atoms with van der Waals surface area (Å²) in [5, 5.41) is 2.80. The van der Waals surface area contributed by atoms with Crippen molar-refractivity contribution in [3.05, 3.63) is 17.0 Å². The Balaban J connectivity index is 2.03. The fourth-order valence-corrected chi connectivity index (χ4v) is 4.99. The summed E-state index contributed by atoms with van der Waals surface area (Å²) in [6.07, 6.45) is 1.86. The highest BCUT2D eigenvalue weighted by Crippen LogP contribution is 2.27. The molecule has 1 amide bonds. The summed E-state index contributed by atoms with van der Waals surface area (Å²) in [6, 6.07) is 3.41. The summed E-state index contributed by atoms with van der Waals surface area (Å²) in [7, 11) is -3.33. The molecule has 0 unspecified atom stereocenters. The molecule has 0 spiro atoms. The zero-order chi connectivity index (χ0) is 14.8. The van der Waals surface area contributed by atoms with E-state index in [9.17, 15) is 13.2 Å². The van der Waals surface area contributed by atoms with E-state index in [4.69, 9.17) is 0 Å². The molecule has 2 heterocycles. The highest BCUT2D eigenvalue weighted by atomic mass is 32.2. The standard InChI is InChI=1S/C13H20N2O3S2/c1-10(2)13(16)14-9-11-5-6-12(19-11)20(17,18)15-7-3-4-8-15/h5-6,10H,3-4,7-9H2,1-2H3,(H,14,16). The first-order valence-corrected chi connectivity index (χ1v) is 9.03. The van der Waals surface area contributed by atoms with Gasteiger partial charge in [0.1, 0.15) is 4.21 Å². The first kappa shape index (κ1) is 15.5. The van der Waals surface area contributed by atoms with Crippen LogP contribution < -0.4 is 5.32 Å². The van der Waals surface area contributed by atoms with Gasteiger partial charge < -0.3 is 5.32 Å². The Morgan fingerprint density at radius 2 is 2.00 bits per heavy atom. The lowest BCUT2D eigenvalue weighted by molar-refractivity contribution is -0.124. The molecule has 7 heteroatoms. The lowest BCUT2D eigenvalue weighted by Gasteiger charge is -2.13. The number of rotatable bonds is 5. The van der Waals surface area contributed by atoms with Crippen LogP contribution in [-0.4, -0.2) is 31.7 Å². The molecule has 1 N–H and O–H groups in total. The van der Waals surface area contributed by atoms with Crippen LogP contribution in [0.1, 0.15) is 31.6 Å². The smallest absolute Gasteiger partial charge is 0.252 e. The van der Waals surface area contributed by atoms with Crippen molar-refractivity contribution in [3.63, 3.8) is 0 Å². The number of carbonyl (C=O) groups is 1. The van der Waals surface area contributed by atoms with E-state index in [1.165, 1.54) is 15.6 Å². The molecule has 0 radical (unpaired) electrons. The quantitative estimate of drug-likeness (QED) is 0.901. The summed E-state index contributed by atoms with van der Waals surface area (Å²) in [4.78, 5) is 12.4. The molecule has 5 nitrogen and oxygen atoms in total. The van der Waals surface area contributed by atoms with Crippen molar-refractivity contribution in [1.29, 1.82) is 0 Å². The molecule has 112 valence electrons. The number of sulfonamides is 1. The second kappa shape index (κ2) is 6.24. The molecule has 0 aliphatic carbocycles. The van der Waals surface area contributed by atoms with Crippen LogP contribution in [0.2, 0.25) is 0 Å². The number of hydrogen-bond donors (Lipinski definition) is 1. The maximum absolute atomic E-state index is 12.3. The lowest BCUT2D eigenvalue weighted by Crippen LogP contribution is -2.27. The second-order valence-electron chi connectivity index (χ2n) is 5.20. The summed E-state index contributed by atoms with van der Waals surface area (Å²) in [5.41, 5.74) is 0. The molecular formula is C13H20N2O3S2. The average Bonchev–Trinajstić information content (AvgIpc) is 3.07. The van der Waals surface area contributed by atoms with Crippen LogP contribution in [-0.2, 0) is 21.4 Å². The highest BCUT2D eigenvalue weighted by molar-refractivity contribution is 7.91. The molecule has 20 heavy (non-hydrogen) atoms. The zero-order valence-corrected chi connectivity index (χ0v) is 13.4. The molecule has 1 saturated heterocycles. The van der Waals surface area contributed by atoms with Crippen LogP contribution in [0, 0.1) is 5.92 Å². The summed E-state index contributed by atoms with van der Waals surface area (Å²) in [6.45, 7) is 5.26. The first-order valence-electron chi connectivity index (χ1n) is 6.78. The molecule has 1 fully saturated rings. The Kier molecular flexibility index (Phi) is 4.82.